The van der Waals surface area contributed by atoms with Crippen molar-refractivity contribution in [3.8, 4) is 0 Å². The lowest BCUT2D eigenvalue weighted by molar-refractivity contribution is -0.383. The normalized spacial score (nSPS) is 10.8. The van der Waals surface area contributed by atoms with E-state index < -0.39 is 0 Å². The summed E-state index contributed by atoms with van der Waals surface area (Å²) in [5.74, 6) is 0.728. The number of nitrogens with zero attached hydrogens (tertiary/aromatic N) is 4. The summed E-state index contributed by atoms with van der Waals surface area (Å²) in [5, 5.41) is 12.7. The van der Waals surface area contributed by atoms with E-state index >= 15 is 0 Å². The Morgan fingerprint density at radius 1 is 1.17 bits per heavy atom. The van der Waals surface area contributed by atoms with E-state index in [1.807, 2.05) is 30.1 Å². The highest BCUT2D eigenvalue weighted by Gasteiger charge is 2.17. The summed E-state index contributed by atoms with van der Waals surface area (Å²) in [7, 11) is 1.94. The Balaban J connectivity index is 1.95. The second-order valence-corrected chi connectivity index (χ2v) is 6.35. The second kappa shape index (κ2) is 6.92. The first kappa shape index (κ1) is 16.3. The average Bonchev–Trinajstić information content (AvgIpc) is 2.59. The number of halogens is 1. The number of hydrogen-bond acceptors (Lipinski definition) is 5. The van der Waals surface area contributed by atoms with E-state index in [0.717, 1.165) is 24.2 Å². The van der Waals surface area contributed by atoms with Crippen LogP contribution in [0.3, 0.4) is 0 Å². The van der Waals surface area contributed by atoms with Gasteiger partial charge in [-0.15, -0.1) is 0 Å². The number of anilines is 1. The Morgan fingerprint density at radius 2 is 1.92 bits per heavy atom. The molecule has 7 heteroatoms. The maximum atomic E-state index is 11.3. The van der Waals surface area contributed by atoms with Gasteiger partial charge in [0.05, 0.1) is 10.3 Å². The monoisotopic (exact) mass is 386 g/mol. The minimum absolute atomic E-state index is 0.0746. The summed E-state index contributed by atoms with van der Waals surface area (Å²) in [6.07, 6.45) is 5.99. The van der Waals surface area contributed by atoms with Crippen LogP contribution in [0.25, 0.3) is 10.8 Å². The van der Waals surface area contributed by atoms with Crippen molar-refractivity contribution >= 4 is 38.2 Å². The van der Waals surface area contributed by atoms with Crippen LogP contribution in [0.2, 0.25) is 0 Å². The van der Waals surface area contributed by atoms with Gasteiger partial charge in [-0.3, -0.25) is 15.1 Å². The Morgan fingerprint density at radius 3 is 2.62 bits per heavy atom. The predicted octanol–water partition coefficient (Wildman–Crippen LogP) is 3.98. The molecule has 1 aromatic carbocycles. The maximum Gasteiger partial charge on any atom is 0.278 e. The Hall–Kier alpha value is -2.54. The molecule has 0 spiro atoms. The van der Waals surface area contributed by atoms with Crippen molar-refractivity contribution in [2.24, 2.45) is 0 Å². The summed E-state index contributed by atoms with van der Waals surface area (Å²) in [4.78, 5) is 21.4. The molecule has 0 aliphatic carbocycles. The average molecular weight is 387 g/mol. The molecule has 3 aromatic rings. The van der Waals surface area contributed by atoms with Gasteiger partial charge in [-0.25, -0.2) is 4.98 Å². The Bertz CT molecular complexity index is 886. The Kier molecular flexibility index (Phi) is 4.71. The summed E-state index contributed by atoms with van der Waals surface area (Å²) in [6, 6.07) is 9.02. The first-order valence-corrected chi connectivity index (χ1v) is 8.18. The molecular formula is C17H15BrN4O2. The van der Waals surface area contributed by atoms with Gasteiger partial charge in [-0.1, -0.05) is 15.9 Å². The van der Waals surface area contributed by atoms with Crippen molar-refractivity contribution in [1.82, 2.24) is 9.97 Å². The molecule has 3 rings (SSSR count). The van der Waals surface area contributed by atoms with E-state index in [-0.39, 0.29) is 10.6 Å². The smallest absolute Gasteiger partial charge is 0.278 e. The minimum atomic E-state index is -0.367. The maximum absolute atomic E-state index is 11.3. The molecule has 0 fully saturated rings. The molecule has 24 heavy (non-hydrogen) atoms. The third-order valence-corrected chi connectivity index (χ3v) is 4.30. The topological polar surface area (TPSA) is 72.2 Å². The van der Waals surface area contributed by atoms with E-state index in [9.17, 15) is 10.1 Å². The van der Waals surface area contributed by atoms with Crippen molar-refractivity contribution in [2.75, 3.05) is 18.5 Å². The standard InChI is InChI=1S/C17H15BrN4O2/c1-21(9-5-12-2-6-19-7-3-12)17-15-10-13(18)11-16(22(23)24)14(15)4-8-20-17/h2-4,6-8,10-11H,5,9H2,1H3. The predicted molar refractivity (Wildman–Crippen MR) is 97.3 cm³/mol. The number of nitro groups is 1. The lowest BCUT2D eigenvalue weighted by atomic mass is 10.1. The number of benzene rings is 1. The first-order valence-electron chi connectivity index (χ1n) is 7.39. The lowest BCUT2D eigenvalue weighted by Gasteiger charge is -2.20. The fraction of sp³-hybridized carbons (Fsp3) is 0.176. The molecule has 0 N–H and O–H groups in total. The van der Waals surface area contributed by atoms with E-state index in [0.29, 0.717) is 9.86 Å². The molecule has 0 unspecified atom stereocenters. The van der Waals surface area contributed by atoms with Crippen molar-refractivity contribution in [3.63, 3.8) is 0 Å². The molecule has 0 atom stereocenters. The molecule has 2 heterocycles. The van der Waals surface area contributed by atoms with E-state index in [4.69, 9.17) is 0 Å². The Labute approximate surface area is 147 Å². The van der Waals surface area contributed by atoms with Gasteiger partial charge in [0.1, 0.15) is 5.82 Å². The van der Waals surface area contributed by atoms with Crippen LogP contribution in [0, 0.1) is 10.1 Å². The van der Waals surface area contributed by atoms with Crippen LogP contribution in [0.15, 0.2) is 53.4 Å². The molecule has 0 radical (unpaired) electrons. The first-order chi connectivity index (χ1) is 11.6. The zero-order valence-corrected chi connectivity index (χ0v) is 14.6. The zero-order chi connectivity index (χ0) is 17.1. The highest BCUT2D eigenvalue weighted by molar-refractivity contribution is 9.10. The molecule has 0 aliphatic heterocycles. The number of pyridine rings is 2. The quantitative estimate of drug-likeness (QED) is 0.489. The molecule has 0 saturated carbocycles. The SMILES string of the molecule is CN(CCc1ccncc1)c1nccc2c([N+](=O)[O-])cc(Br)cc12. The lowest BCUT2D eigenvalue weighted by Crippen LogP contribution is -2.21. The number of hydrogen-bond donors (Lipinski definition) is 0. The van der Waals surface area contributed by atoms with Crippen molar-refractivity contribution < 1.29 is 4.92 Å². The molecule has 0 amide bonds. The number of likely N-dealkylation sites (N-methyl/N-ethyl adjacent to an activating group) is 1. The molecule has 6 nitrogen and oxygen atoms in total. The third-order valence-electron chi connectivity index (χ3n) is 3.85. The molecule has 2 aromatic heterocycles. The van der Waals surface area contributed by atoms with Gasteiger partial charge in [-0.2, -0.15) is 0 Å². The highest BCUT2D eigenvalue weighted by Crippen LogP contribution is 2.34. The van der Waals surface area contributed by atoms with Crippen LogP contribution in [0.1, 0.15) is 5.56 Å². The van der Waals surface area contributed by atoms with Crippen LogP contribution in [0.4, 0.5) is 11.5 Å². The van der Waals surface area contributed by atoms with Crippen molar-refractivity contribution in [2.45, 2.75) is 6.42 Å². The summed E-state index contributed by atoms with van der Waals surface area (Å²) in [6.45, 7) is 0.746. The van der Waals surface area contributed by atoms with Crippen molar-refractivity contribution in [1.29, 1.82) is 0 Å². The fourth-order valence-electron chi connectivity index (χ4n) is 2.62. The zero-order valence-electron chi connectivity index (χ0n) is 13.0. The number of aromatic nitrogens is 2. The van der Waals surface area contributed by atoms with Gasteiger partial charge < -0.3 is 4.90 Å². The fourth-order valence-corrected chi connectivity index (χ4v) is 3.07. The van der Waals surface area contributed by atoms with Crippen LogP contribution < -0.4 is 4.90 Å². The van der Waals surface area contributed by atoms with Crippen LogP contribution in [0.5, 0.6) is 0 Å². The van der Waals surface area contributed by atoms with Crippen LogP contribution >= 0.6 is 15.9 Å². The van der Waals surface area contributed by atoms with Crippen LogP contribution in [-0.2, 0) is 6.42 Å². The van der Waals surface area contributed by atoms with Gasteiger partial charge in [-0.05, 0) is 36.2 Å². The summed E-state index contributed by atoms with van der Waals surface area (Å²) in [5.41, 5.74) is 1.26. The molecular weight excluding hydrogens is 372 g/mol. The van der Waals surface area contributed by atoms with Gasteiger partial charge in [0.15, 0.2) is 0 Å². The molecule has 0 bridgehead atoms. The van der Waals surface area contributed by atoms with Gasteiger partial charge in [0.25, 0.3) is 5.69 Å². The van der Waals surface area contributed by atoms with Crippen molar-refractivity contribution in [3.05, 3.63) is 69.1 Å². The van der Waals surface area contributed by atoms with Gasteiger partial charge >= 0.3 is 0 Å². The van der Waals surface area contributed by atoms with E-state index in [2.05, 4.69) is 25.9 Å². The highest BCUT2D eigenvalue weighted by atomic mass is 79.9. The number of non-ortho nitro benzene ring substituents is 1. The summed E-state index contributed by atoms with van der Waals surface area (Å²) >= 11 is 3.35. The molecule has 0 aliphatic rings. The second-order valence-electron chi connectivity index (χ2n) is 5.44. The summed E-state index contributed by atoms with van der Waals surface area (Å²) < 4.78 is 0.665. The van der Waals surface area contributed by atoms with E-state index in [1.54, 1.807) is 24.7 Å². The van der Waals surface area contributed by atoms with E-state index in [1.165, 1.54) is 11.6 Å². The third kappa shape index (κ3) is 3.35. The van der Waals surface area contributed by atoms with Gasteiger partial charge in [0, 0.05) is 48.1 Å². The number of nitro benzene ring substituents is 1. The molecule has 122 valence electrons. The number of fused-ring (bicyclic) bond motifs is 1. The van der Waals surface area contributed by atoms with Crippen LogP contribution in [-0.4, -0.2) is 28.5 Å². The molecule has 0 saturated heterocycles. The van der Waals surface area contributed by atoms with Gasteiger partial charge in [0.2, 0.25) is 0 Å². The largest absolute Gasteiger partial charge is 0.359 e. The number of rotatable bonds is 5. The minimum Gasteiger partial charge on any atom is -0.359 e.